The quantitative estimate of drug-likeness (QED) is 0.451. The smallest absolute Gasteiger partial charge is 0.493 e. The molecule has 2 heterocycles. The molecule has 0 amide bonds. The van der Waals surface area contributed by atoms with E-state index in [4.69, 9.17) is 20.2 Å². The van der Waals surface area contributed by atoms with Gasteiger partial charge in [-0.3, -0.25) is 0 Å². The fraction of sp³-hybridized carbons (Fsp3) is 0.240. The number of nitrogens with two attached hydrogens (primary N) is 1. The van der Waals surface area contributed by atoms with E-state index in [-0.39, 0.29) is 11.4 Å². The Hall–Kier alpha value is -3.91. The Morgan fingerprint density at radius 3 is 2.36 bits per heavy atom. The molecule has 2 aromatic heterocycles. The highest BCUT2D eigenvalue weighted by Crippen LogP contribution is 2.40. The molecular weight excluding hydrogens is 420 g/mol. The summed E-state index contributed by atoms with van der Waals surface area (Å²) >= 11 is 0. The van der Waals surface area contributed by atoms with Crippen molar-refractivity contribution in [3.05, 3.63) is 66.2 Å². The monoisotopic (exact) mass is 444 g/mol. The van der Waals surface area contributed by atoms with Crippen LogP contribution in [0.5, 0.6) is 11.6 Å². The van der Waals surface area contributed by atoms with E-state index in [0.29, 0.717) is 11.4 Å². The number of ether oxygens (including phenoxy) is 3. The third-order valence-electron chi connectivity index (χ3n) is 6.13. The zero-order chi connectivity index (χ0) is 23.0. The van der Waals surface area contributed by atoms with Crippen LogP contribution in [-0.4, -0.2) is 35.0 Å². The van der Waals surface area contributed by atoms with Crippen LogP contribution in [0.2, 0.25) is 0 Å². The molecule has 8 heteroatoms. The van der Waals surface area contributed by atoms with Gasteiger partial charge in [-0.1, -0.05) is 54.6 Å². The van der Waals surface area contributed by atoms with E-state index in [1.165, 1.54) is 20.3 Å². The maximum absolute atomic E-state index is 11.7. The highest BCUT2D eigenvalue weighted by Gasteiger charge is 2.34. The van der Waals surface area contributed by atoms with E-state index in [1.807, 2.05) is 42.5 Å². The fourth-order valence-corrected chi connectivity index (χ4v) is 4.16. The van der Waals surface area contributed by atoms with Crippen molar-refractivity contribution in [2.75, 3.05) is 14.2 Å². The molecule has 5 rings (SSSR count). The summed E-state index contributed by atoms with van der Waals surface area (Å²) in [6.45, 7) is 0. The number of rotatable bonds is 5. The SMILES string of the molecule is COC(=O)Oc1cc(OC)c2nc(-c3ccc(C4(N)CCC4)cc3)c(-c3ccccc3)n2n1. The van der Waals surface area contributed by atoms with Crippen molar-refractivity contribution in [3.8, 4) is 34.1 Å². The van der Waals surface area contributed by atoms with Crippen LogP contribution in [0.25, 0.3) is 28.2 Å². The fourth-order valence-electron chi connectivity index (χ4n) is 4.16. The average Bonchev–Trinajstić information content (AvgIpc) is 3.22. The zero-order valence-corrected chi connectivity index (χ0v) is 18.4. The largest absolute Gasteiger partial charge is 0.514 e. The van der Waals surface area contributed by atoms with Gasteiger partial charge in [0.05, 0.1) is 19.9 Å². The van der Waals surface area contributed by atoms with Gasteiger partial charge < -0.3 is 19.9 Å². The normalized spacial score (nSPS) is 14.5. The van der Waals surface area contributed by atoms with Crippen molar-refractivity contribution in [2.45, 2.75) is 24.8 Å². The summed E-state index contributed by atoms with van der Waals surface area (Å²) in [6, 6.07) is 19.5. The van der Waals surface area contributed by atoms with Gasteiger partial charge >= 0.3 is 6.16 Å². The van der Waals surface area contributed by atoms with Gasteiger partial charge in [-0.2, -0.15) is 0 Å². The Balaban J connectivity index is 1.70. The molecule has 2 N–H and O–H groups in total. The second-order valence-corrected chi connectivity index (χ2v) is 8.10. The van der Waals surface area contributed by atoms with E-state index in [2.05, 4.69) is 22.0 Å². The number of methoxy groups -OCH3 is 2. The molecule has 1 aliphatic carbocycles. The Labute approximate surface area is 190 Å². The number of hydrogen-bond acceptors (Lipinski definition) is 7. The van der Waals surface area contributed by atoms with E-state index in [1.54, 1.807) is 4.52 Å². The maximum Gasteiger partial charge on any atom is 0.514 e. The number of benzene rings is 2. The molecule has 0 atom stereocenters. The Morgan fingerprint density at radius 1 is 1.03 bits per heavy atom. The zero-order valence-electron chi connectivity index (χ0n) is 18.4. The first-order valence-corrected chi connectivity index (χ1v) is 10.7. The van der Waals surface area contributed by atoms with Gasteiger partial charge in [0, 0.05) is 22.7 Å². The second kappa shape index (κ2) is 8.22. The van der Waals surface area contributed by atoms with Crippen molar-refractivity contribution < 1.29 is 19.0 Å². The van der Waals surface area contributed by atoms with Crippen LogP contribution in [0.15, 0.2) is 60.7 Å². The molecular formula is C25H24N4O4. The Bertz CT molecular complexity index is 1310. The molecule has 168 valence electrons. The lowest BCUT2D eigenvalue weighted by molar-refractivity contribution is 0.119. The second-order valence-electron chi connectivity index (χ2n) is 8.10. The average molecular weight is 444 g/mol. The topological polar surface area (TPSA) is 101 Å². The van der Waals surface area contributed by atoms with Gasteiger partial charge in [0.2, 0.25) is 5.88 Å². The van der Waals surface area contributed by atoms with Gasteiger partial charge in [0.15, 0.2) is 11.4 Å². The summed E-state index contributed by atoms with van der Waals surface area (Å²) < 4.78 is 17.0. The van der Waals surface area contributed by atoms with Gasteiger partial charge in [0.1, 0.15) is 5.69 Å². The summed E-state index contributed by atoms with van der Waals surface area (Å²) in [5.41, 5.74) is 11.2. The van der Waals surface area contributed by atoms with Crippen molar-refractivity contribution in [1.82, 2.24) is 14.6 Å². The number of aromatic nitrogens is 3. The summed E-state index contributed by atoms with van der Waals surface area (Å²) in [7, 11) is 2.77. The lowest BCUT2D eigenvalue weighted by Gasteiger charge is -2.38. The lowest BCUT2D eigenvalue weighted by Crippen LogP contribution is -2.43. The molecule has 0 saturated heterocycles. The van der Waals surface area contributed by atoms with Crippen LogP contribution in [0.3, 0.4) is 0 Å². The van der Waals surface area contributed by atoms with Crippen LogP contribution in [0, 0.1) is 0 Å². The van der Waals surface area contributed by atoms with Crippen LogP contribution in [-0.2, 0) is 10.3 Å². The minimum Gasteiger partial charge on any atom is -0.493 e. The van der Waals surface area contributed by atoms with Crippen molar-refractivity contribution in [3.63, 3.8) is 0 Å². The molecule has 4 aromatic rings. The molecule has 8 nitrogen and oxygen atoms in total. The van der Waals surface area contributed by atoms with Crippen molar-refractivity contribution in [1.29, 1.82) is 0 Å². The first-order chi connectivity index (χ1) is 16.0. The first-order valence-electron chi connectivity index (χ1n) is 10.7. The number of carbonyl (C=O) groups excluding carboxylic acids is 1. The molecule has 0 spiro atoms. The minimum atomic E-state index is -0.868. The van der Waals surface area contributed by atoms with E-state index >= 15 is 0 Å². The van der Waals surface area contributed by atoms with Crippen molar-refractivity contribution in [2.24, 2.45) is 5.73 Å². The third-order valence-corrected chi connectivity index (χ3v) is 6.13. The Morgan fingerprint density at radius 2 is 1.76 bits per heavy atom. The molecule has 1 aliphatic rings. The van der Waals surface area contributed by atoms with Crippen molar-refractivity contribution >= 4 is 11.8 Å². The number of hydrogen-bond donors (Lipinski definition) is 1. The molecule has 1 saturated carbocycles. The summed E-state index contributed by atoms with van der Waals surface area (Å²) in [4.78, 5) is 16.5. The minimum absolute atomic E-state index is 0.0396. The molecule has 0 unspecified atom stereocenters. The molecule has 0 aliphatic heterocycles. The third kappa shape index (κ3) is 3.68. The van der Waals surface area contributed by atoms with Gasteiger partial charge in [-0.25, -0.2) is 14.3 Å². The van der Waals surface area contributed by atoms with Gasteiger partial charge in [-0.05, 0) is 24.8 Å². The highest BCUT2D eigenvalue weighted by atomic mass is 16.7. The van der Waals surface area contributed by atoms with E-state index in [9.17, 15) is 4.79 Å². The highest BCUT2D eigenvalue weighted by molar-refractivity contribution is 5.83. The van der Waals surface area contributed by atoms with Crippen LogP contribution >= 0.6 is 0 Å². The number of carbonyl (C=O) groups is 1. The summed E-state index contributed by atoms with van der Waals surface area (Å²) in [5.74, 6) is 0.456. The number of nitrogens with zero attached hydrogens (tertiary/aromatic N) is 3. The predicted octanol–water partition coefficient (Wildman–Crippen LogP) is 4.56. The Kier molecular flexibility index (Phi) is 5.22. The molecule has 2 aromatic carbocycles. The number of imidazole rings is 1. The number of fused-ring (bicyclic) bond motifs is 1. The summed E-state index contributed by atoms with van der Waals surface area (Å²) in [5, 5.41) is 4.50. The van der Waals surface area contributed by atoms with E-state index < -0.39 is 6.16 Å². The predicted molar refractivity (Wildman–Crippen MR) is 123 cm³/mol. The summed E-state index contributed by atoms with van der Waals surface area (Å²) in [6.07, 6.45) is 2.29. The van der Waals surface area contributed by atoms with E-state index in [0.717, 1.165) is 47.3 Å². The first kappa shape index (κ1) is 21.0. The van der Waals surface area contributed by atoms with Crippen LogP contribution < -0.4 is 15.2 Å². The van der Waals surface area contributed by atoms with Gasteiger partial charge in [0.25, 0.3) is 0 Å². The molecule has 0 radical (unpaired) electrons. The molecule has 1 fully saturated rings. The molecule has 33 heavy (non-hydrogen) atoms. The maximum atomic E-state index is 11.7. The standard InChI is InChI=1S/C25H24N4O4/c1-31-19-15-20(33-24(30)32-2)28-29-22(17-7-4-3-5-8-17)21(27-23(19)29)16-9-11-18(12-10-16)25(26)13-6-14-25/h3-5,7-12,15H,6,13-14,26H2,1-2H3. The van der Waals surface area contributed by atoms with Crippen LogP contribution in [0.4, 0.5) is 4.79 Å². The molecule has 0 bridgehead atoms. The lowest BCUT2D eigenvalue weighted by atomic mass is 9.72. The van der Waals surface area contributed by atoms with Crippen LogP contribution in [0.1, 0.15) is 24.8 Å². The van der Waals surface area contributed by atoms with Gasteiger partial charge in [-0.15, -0.1) is 5.10 Å².